The minimum atomic E-state index is -4.10. The number of sulfonamides is 1. The quantitative estimate of drug-likeness (QED) is 0.614. The molecule has 2 aromatic rings. The number of carbonyl (C=O) groups is 2. The summed E-state index contributed by atoms with van der Waals surface area (Å²) < 4.78 is 39.7. The molecule has 0 aliphatic carbocycles. The lowest BCUT2D eigenvalue weighted by Gasteiger charge is -2.42. The van der Waals surface area contributed by atoms with E-state index in [0.29, 0.717) is 5.69 Å². The van der Waals surface area contributed by atoms with Gasteiger partial charge >= 0.3 is 12.1 Å². The number of benzene rings is 2. The Bertz CT molecular complexity index is 1210. The molecule has 5 rings (SSSR count). The van der Waals surface area contributed by atoms with E-state index >= 15 is 0 Å². The van der Waals surface area contributed by atoms with Crippen molar-refractivity contribution in [3.05, 3.63) is 60.2 Å². The van der Waals surface area contributed by atoms with E-state index in [0.717, 1.165) is 31.5 Å². The molecule has 180 valence electrons. The summed E-state index contributed by atoms with van der Waals surface area (Å²) in [7, 11) is -1.61. The number of rotatable bonds is 4. The van der Waals surface area contributed by atoms with Crippen molar-refractivity contribution in [3.63, 3.8) is 0 Å². The summed E-state index contributed by atoms with van der Waals surface area (Å²) in [5.74, 6) is -0.604. The fourth-order valence-corrected chi connectivity index (χ4v) is 7.52. The molecule has 10 heteroatoms. The van der Waals surface area contributed by atoms with Crippen molar-refractivity contribution < 1.29 is 27.5 Å². The lowest BCUT2D eigenvalue weighted by atomic mass is 9.85. The molecule has 0 aromatic heterocycles. The SMILES string of the molecule is COC(=O)[C@@H]1C[C@]2(N3CCCC3)c3ccccc3N(S(=O)(=O)c3ccccc3)[C@@H]2N1C(=O)OC. The van der Waals surface area contributed by atoms with Crippen LogP contribution >= 0.6 is 0 Å². The number of hydrogen-bond donors (Lipinski definition) is 0. The van der Waals surface area contributed by atoms with E-state index < -0.39 is 39.8 Å². The van der Waals surface area contributed by atoms with Crippen LogP contribution in [0.25, 0.3) is 0 Å². The maximum absolute atomic E-state index is 14.1. The molecule has 3 aliphatic rings. The molecule has 34 heavy (non-hydrogen) atoms. The van der Waals surface area contributed by atoms with Gasteiger partial charge in [-0.25, -0.2) is 22.3 Å². The second kappa shape index (κ2) is 8.28. The van der Waals surface area contributed by atoms with E-state index in [1.165, 1.54) is 35.6 Å². The molecular weight excluding hydrogens is 458 g/mol. The third-order valence-electron chi connectivity index (χ3n) is 7.19. The second-order valence-electron chi connectivity index (χ2n) is 8.74. The van der Waals surface area contributed by atoms with E-state index in [4.69, 9.17) is 9.47 Å². The van der Waals surface area contributed by atoms with E-state index in [1.54, 1.807) is 30.3 Å². The van der Waals surface area contributed by atoms with Crippen LogP contribution in [0.3, 0.4) is 0 Å². The normalized spacial score (nSPS) is 26.3. The molecule has 3 heterocycles. The average Bonchev–Trinajstić information content (AvgIpc) is 3.57. The van der Waals surface area contributed by atoms with Gasteiger partial charge in [-0.15, -0.1) is 0 Å². The molecule has 3 atom stereocenters. The molecule has 3 aliphatic heterocycles. The Kier molecular flexibility index (Phi) is 5.52. The lowest BCUT2D eigenvalue weighted by molar-refractivity contribution is -0.145. The third kappa shape index (κ3) is 3.05. The second-order valence-corrected chi connectivity index (χ2v) is 10.6. The lowest BCUT2D eigenvalue weighted by Crippen LogP contribution is -2.59. The van der Waals surface area contributed by atoms with Crippen molar-refractivity contribution in [3.8, 4) is 0 Å². The van der Waals surface area contributed by atoms with Crippen LogP contribution in [-0.4, -0.2) is 69.8 Å². The van der Waals surface area contributed by atoms with Crippen LogP contribution in [0, 0.1) is 0 Å². The Balaban J connectivity index is 1.80. The summed E-state index contributed by atoms with van der Waals surface area (Å²) in [6.07, 6.45) is 0.316. The third-order valence-corrected chi connectivity index (χ3v) is 8.97. The average molecular weight is 486 g/mol. The van der Waals surface area contributed by atoms with Gasteiger partial charge in [0.2, 0.25) is 0 Å². The van der Waals surface area contributed by atoms with Crippen LogP contribution in [0.5, 0.6) is 0 Å². The van der Waals surface area contributed by atoms with Crippen LogP contribution in [0.15, 0.2) is 59.5 Å². The van der Waals surface area contributed by atoms with Gasteiger partial charge in [0.05, 0.1) is 30.3 Å². The molecular formula is C24H27N3O6S. The van der Waals surface area contributed by atoms with Gasteiger partial charge < -0.3 is 9.47 Å². The Morgan fingerprint density at radius 1 is 0.941 bits per heavy atom. The number of carbonyl (C=O) groups excluding carboxylic acids is 2. The zero-order valence-corrected chi connectivity index (χ0v) is 19.9. The smallest absolute Gasteiger partial charge is 0.412 e. The van der Waals surface area contributed by atoms with Gasteiger partial charge in [0, 0.05) is 12.0 Å². The monoisotopic (exact) mass is 485 g/mol. The van der Waals surface area contributed by atoms with E-state index in [-0.39, 0.29) is 11.3 Å². The number of hydrogen-bond acceptors (Lipinski definition) is 7. The maximum atomic E-state index is 14.1. The van der Waals surface area contributed by atoms with Crippen LogP contribution < -0.4 is 4.31 Å². The highest BCUT2D eigenvalue weighted by molar-refractivity contribution is 7.92. The predicted octanol–water partition coefficient (Wildman–Crippen LogP) is 2.53. The molecule has 0 unspecified atom stereocenters. The maximum Gasteiger partial charge on any atom is 0.412 e. The fraction of sp³-hybridized carbons (Fsp3) is 0.417. The fourth-order valence-electron chi connectivity index (χ4n) is 5.83. The first kappa shape index (κ1) is 22.7. The minimum absolute atomic E-state index is 0.105. The van der Waals surface area contributed by atoms with Crippen molar-refractivity contribution >= 4 is 27.8 Å². The number of para-hydroxylation sites is 1. The standard InChI is InChI=1S/C24H27N3O6S/c1-32-21(28)20-16-24(25-14-8-9-15-25)18-12-6-7-13-19(18)27(22(24)26(20)23(29)33-2)34(30,31)17-10-4-3-5-11-17/h3-7,10-13,20,22H,8-9,14-16H2,1-2H3/t20-,22-,24-/m0/s1. The number of esters is 1. The highest BCUT2D eigenvalue weighted by atomic mass is 32.2. The molecule has 9 nitrogen and oxygen atoms in total. The zero-order valence-electron chi connectivity index (χ0n) is 19.1. The molecule has 0 bridgehead atoms. The van der Waals surface area contributed by atoms with E-state index in [1.807, 2.05) is 12.1 Å². The van der Waals surface area contributed by atoms with Gasteiger partial charge in [0.15, 0.2) is 0 Å². The summed E-state index contributed by atoms with van der Waals surface area (Å²) in [6.45, 7) is 1.46. The van der Waals surface area contributed by atoms with E-state index in [2.05, 4.69) is 4.90 Å². The van der Waals surface area contributed by atoms with Crippen molar-refractivity contribution in [2.45, 2.75) is 41.9 Å². The van der Waals surface area contributed by atoms with Gasteiger partial charge in [-0.3, -0.25) is 9.80 Å². The van der Waals surface area contributed by atoms with Crippen molar-refractivity contribution in [1.29, 1.82) is 0 Å². The summed E-state index contributed by atoms with van der Waals surface area (Å²) in [5, 5.41) is 0. The summed E-state index contributed by atoms with van der Waals surface area (Å²) in [6, 6.07) is 14.4. The summed E-state index contributed by atoms with van der Waals surface area (Å²) in [4.78, 5) is 29.7. The highest BCUT2D eigenvalue weighted by Gasteiger charge is 2.68. The zero-order chi connectivity index (χ0) is 24.1. The first-order valence-electron chi connectivity index (χ1n) is 11.3. The van der Waals surface area contributed by atoms with Gasteiger partial charge in [-0.05, 0) is 44.1 Å². The number of likely N-dealkylation sites (tertiary alicyclic amines) is 2. The van der Waals surface area contributed by atoms with Gasteiger partial charge in [-0.1, -0.05) is 36.4 Å². The van der Waals surface area contributed by atoms with Crippen LogP contribution in [-0.2, 0) is 29.8 Å². The first-order chi connectivity index (χ1) is 16.4. The van der Waals surface area contributed by atoms with Gasteiger partial charge in [0.1, 0.15) is 12.2 Å². The van der Waals surface area contributed by atoms with Gasteiger partial charge in [0.25, 0.3) is 10.0 Å². The van der Waals surface area contributed by atoms with Crippen LogP contribution in [0.2, 0.25) is 0 Å². The largest absolute Gasteiger partial charge is 0.467 e. The van der Waals surface area contributed by atoms with Gasteiger partial charge in [-0.2, -0.15) is 0 Å². The minimum Gasteiger partial charge on any atom is -0.467 e. The van der Waals surface area contributed by atoms with Crippen LogP contribution in [0.4, 0.5) is 10.5 Å². The number of ether oxygens (including phenoxy) is 2. The molecule has 0 radical (unpaired) electrons. The number of amides is 1. The summed E-state index contributed by atoms with van der Waals surface area (Å²) in [5.41, 5.74) is 0.365. The van der Waals surface area contributed by atoms with Crippen molar-refractivity contribution in [1.82, 2.24) is 9.80 Å². The summed E-state index contributed by atoms with van der Waals surface area (Å²) >= 11 is 0. The Morgan fingerprint density at radius 2 is 1.59 bits per heavy atom. The molecule has 2 fully saturated rings. The van der Waals surface area contributed by atoms with Crippen molar-refractivity contribution in [2.24, 2.45) is 0 Å². The molecule has 0 N–H and O–H groups in total. The molecule has 2 aromatic carbocycles. The van der Waals surface area contributed by atoms with Crippen molar-refractivity contribution in [2.75, 3.05) is 31.6 Å². The van der Waals surface area contributed by atoms with Crippen LogP contribution in [0.1, 0.15) is 24.8 Å². The molecule has 1 amide bonds. The topological polar surface area (TPSA) is 96.5 Å². The Labute approximate surface area is 198 Å². The first-order valence-corrected chi connectivity index (χ1v) is 12.7. The molecule has 0 spiro atoms. The molecule has 0 saturated carbocycles. The number of anilines is 1. The number of methoxy groups -OCH3 is 2. The predicted molar refractivity (Wildman–Crippen MR) is 123 cm³/mol. The highest BCUT2D eigenvalue weighted by Crippen LogP contribution is 2.58. The number of fused-ring (bicyclic) bond motifs is 3. The molecule has 2 saturated heterocycles. The Hall–Kier alpha value is -3.11. The van der Waals surface area contributed by atoms with E-state index in [9.17, 15) is 18.0 Å². The Morgan fingerprint density at radius 3 is 2.24 bits per heavy atom. The number of nitrogens with zero attached hydrogens (tertiary/aromatic N) is 3.